The van der Waals surface area contributed by atoms with Crippen LogP contribution >= 0.6 is 0 Å². The molecule has 0 spiro atoms. The van der Waals surface area contributed by atoms with Gasteiger partial charge in [-0.2, -0.15) is 0 Å². The maximum Gasteiger partial charge on any atom is 0.354 e. The molecule has 0 fully saturated rings. The van der Waals surface area contributed by atoms with Crippen LogP contribution in [0.2, 0.25) is 0 Å². The number of nitrogens with one attached hydrogen (secondary N) is 1. The van der Waals surface area contributed by atoms with Crippen molar-refractivity contribution in [2.75, 3.05) is 6.54 Å². The number of hydrogen-bond donors (Lipinski definition) is 2. The van der Waals surface area contributed by atoms with Gasteiger partial charge in [-0.3, -0.25) is 4.79 Å². The first-order valence-electron chi connectivity index (χ1n) is 7.70. The lowest BCUT2D eigenvalue weighted by atomic mass is 9.83. The van der Waals surface area contributed by atoms with Crippen LogP contribution in [0.15, 0.2) is 42.6 Å². The summed E-state index contributed by atoms with van der Waals surface area (Å²) in [6, 6.07) is 11.2. The lowest BCUT2D eigenvalue weighted by Gasteiger charge is -2.25. The fourth-order valence-electron chi connectivity index (χ4n) is 3.07. The number of aromatic carboxylic acids is 1. The fourth-order valence-corrected chi connectivity index (χ4v) is 3.07. The second-order valence-corrected chi connectivity index (χ2v) is 5.73. The molecule has 1 atom stereocenters. The summed E-state index contributed by atoms with van der Waals surface area (Å²) in [5.41, 5.74) is 2.86. The molecule has 2 aromatic rings. The van der Waals surface area contributed by atoms with Gasteiger partial charge in [0.25, 0.3) is 5.91 Å². The van der Waals surface area contributed by atoms with E-state index in [0.29, 0.717) is 18.0 Å². The van der Waals surface area contributed by atoms with Gasteiger partial charge in [-0.05, 0) is 42.5 Å². The molecule has 5 nitrogen and oxygen atoms in total. The highest BCUT2D eigenvalue weighted by atomic mass is 16.4. The van der Waals surface area contributed by atoms with E-state index in [1.807, 2.05) is 12.1 Å². The molecule has 1 heterocycles. The Balaban J connectivity index is 1.68. The number of carbonyl (C=O) groups is 2. The average Bonchev–Trinajstić information content (AvgIpc) is 2.59. The van der Waals surface area contributed by atoms with E-state index in [1.165, 1.54) is 29.5 Å². The Bertz CT molecular complexity index is 743. The topological polar surface area (TPSA) is 79.3 Å². The Morgan fingerprint density at radius 3 is 2.91 bits per heavy atom. The number of aromatic nitrogens is 1. The van der Waals surface area contributed by atoms with Gasteiger partial charge in [-0.15, -0.1) is 0 Å². The van der Waals surface area contributed by atoms with E-state index in [1.54, 1.807) is 0 Å². The van der Waals surface area contributed by atoms with Crippen LogP contribution in [0.5, 0.6) is 0 Å². The molecule has 1 unspecified atom stereocenters. The molecule has 1 amide bonds. The number of hydrogen-bond acceptors (Lipinski definition) is 3. The molecule has 5 heteroatoms. The Kier molecular flexibility index (Phi) is 4.37. The third-order valence-corrected chi connectivity index (χ3v) is 4.24. The summed E-state index contributed by atoms with van der Waals surface area (Å²) in [6.07, 6.45) is 4.60. The quantitative estimate of drug-likeness (QED) is 0.910. The van der Waals surface area contributed by atoms with E-state index in [9.17, 15) is 9.59 Å². The van der Waals surface area contributed by atoms with E-state index < -0.39 is 5.97 Å². The minimum atomic E-state index is -1.14. The normalized spacial score (nSPS) is 16.4. The van der Waals surface area contributed by atoms with Crippen molar-refractivity contribution in [1.29, 1.82) is 0 Å². The summed E-state index contributed by atoms with van der Waals surface area (Å²) in [5, 5.41) is 11.9. The number of rotatable bonds is 4. The van der Waals surface area contributed by atoms with Crippen LogP contribution in [-0.4, -0.2) is 28.5 Å². The van der Waals surface area contributed by atoms with E-state index in [2.05, 4.69) is 22.4 Å². The van der Waals surface area contributed by atoms with Crippen LogP contribution in [0.1, 0.15) is 50.7 Å². The van der Waals surface area contributed by atoms with Crippen molar-refractivity contribution in [3.8, 4) is 0 Å². The van der Waals surface area contributed by atoms with Gasteiger partial charge < -0.3 is 10.4 Å². The molecule has 0 saturated carbocycles. The van der Waals surface area contributed by atoms with E-state index >= 15 is 0 Å². The van der Waals surface area contributed by atoms with Crippen LogP contribution in [0.4, 0.5) is 0 Å². The van der Waals surface area contributed by atoms with Crippen LogP contribution in [-0.2, 0) is 6.42 Å². The number of carboxylic acid groups (broad SMARTS) is 1. The monoisotopic (exact) mass is 310 g/mol. The predicted octanol–water partition coefficient (Wildman–Crippen LogP) is 2.63. The van der Waals surface area contributed by atoms with Crippen molar-refractivity contribution in [2.24, 2.45) is 0 Å². The molecule has 0 radical (unpaired) electrons. The molecule has 1 aliphatic rings. The lowest BCUT2D eigenvalue weighted by Crippen LogP contribution is -2.30. The highest BCUT2D eigenvalue weighted by Gasteiger charge is 2.20. The Morgan fingerprint density at radius 1 is 1.26 bits per heavy atom. The van der Waals surface area contributed by atoms with E-state index in [0.717, 1.165) is 19.3 Å². The first kappa shape index (κ1) is 15.2. The van der Waals surface area contributed by atoms with Crippen molar-refractivity contribution in [2.45, 2.75) is 25.2 Å². The summed E-state index contributed by atoms with van der Waals surface area (Å²) in [7, 11) is 0. The van der Waals surface area contributed by atoms with Gasteiger partial charge in [0.05, 0.1) is 0 Å². The first-order chi connectivity index (χ1) is 11.1. The van der Waals surface area contributed by atoms with Crippen molar-refractivity contribution >= 4 is 11.9 Å². The Morgan fingerprint density at radius 2 is 2.09 bits per heavy atom. The maximum atomic E-state index is 12.2. The fraction of sp³-hybridized carbons (Fsp3) is 0.278. The number of amides is 1. The van der Waals surface area contributed by atoms with Crippen molar-refractivity contribution in [3.63, 3.8) is 0 Å². The Hall–Kier alpha value is -2.69. The van der Waals surface area contributed by atoms with Gasteiger partial charge in [0.15, 0.2) is 0 Å². The second-order valence-electron chi connectivity index (χ2n) is 5.73. The number of carboxylic acids is 1. The SMILES string of the molecule is O=C(NCC1CCCc2ccccc21)c1ccnc(C(=O)O)c1. The molecule has 0 bridgehead atoms. The zero-order valence-corrected chi connectivity index (χ0v) is 12.7. The van der Waals surface area contributed by atoms with Gasteiger partial charge in [0, 0.05) is 24.2 Å². The number of aryl methyl sites for hydroxylation is 1. The standard InChI is InChI=1S/C18H18N2O3/c21-17(13-8-9-19-16(10-13)18(22)23)20-11-14-6-3-5-12-4-1-2-7-15(12)14/h1-2,4,7-10,14H,3,5-6,11H2,(H,20,21)(H,22,23). The van der Waals surface area contributed by atoms with E-state index in [4.69, 9.17) is 5.11 Å². The minimum Gasteiger partial charge on any atom is -0.477 e. The minimum absolute atomic E-state index is 0.124. The molecule has 23 heavy (non-hydrogen) atoms. The van der Waals surface area contributed by atoms with Gasteiger partial charge in [0.1, 0.15) is 5.69 Å². The van der Waals surface area contributed by atoms with Crippen molar-refractivity contribution < 1.29 is 14.7 Å². The highest BCUT2D eigenvalue weighted by molar-refractivity contribution is 5.96. The molecule has 1 aromatic carbocycles. The second kappa shape index (κ2) is 6.60. The summed E-state index contributed by atoms with van der Waals surface area (Å²) >= 11 is 0. The van der Waals surface area contributed by atoms with Gasteiger partial charge in [-0.1, -0.05) is 24.3 Å². The molecule has 1 aliphatic carbocycles. The van der Waals surface area contributed by atoms with Crippen LogP contribution in [0.25, 0.3) is 0 Å². The predicted molar refractivity (Wildman–Crippen MR) is 85.7 cm³/mol. The number of fused-ring (bicyclic) bond motifs is 1. The molecule has 2 N–H and O–H groups in total. The van der Waals surface area contributed by atoms with Crippen LogP contribution in [0.3, 0.4) is 0 Å². The third kappa shape index (κ3) is 3.39. The zero-order chi connectivity index (χ0) is 16.2. The zero-order valence-electron chi connectivity index (χ0n) is 12.7. The molecular weight excluding hydrogens is 292 g/mol. The molecule has 0 saturated heterocycles. The first-order valence-corrected chi connectivity index (χ1v) is 7.70. The third-order valence-electron chi connectivity index (χ3n) is 4.24. The largest absolute Gasteiger partial charge is 0.477 e. The average molecular weight is 310 g/mol. The van der Waals surface area contributed by atoms with Crippen molar-refractivity contribution in [1.82, 2.24) is 10.3 Å². The molecular formula is C18H18N2O3. The smallest absolute Gasteiger partial charge is 0.354 e. The highest BCUT2D eigenvalue weighted by Crippen LogP contribution is 2.30. The number of pyridine rings is 1. The maximum absolute atomic E-state index is 12.2. The van der Waals surface area contributed by atoms with Gasteiger partial charge in [-0.25, -0.2) is 9.78 Å². The van der Waals surface area contributed by atoms with Crippen molar-refractivity contribution in [3.05, 3.63) is 65.0 Å². The lowest BCUT2D eigenvalue weighted by molar-refractivity contribution is 0.0690. The van der Waals surface area contributed by atoms with Crippen LogP contribution in [0, 0.1) is 0 Å². The molecule has 3 rings (SSSR count). The van der Waals surface area contributed by atoms with Crippen LogP contribution < -0.4 is 5.32 Å². The number of benzene rings is 1. The molecule has 1 aromatic heterocycles. The van der Waals surface area contributed by atoms with Gasteiger partial charge in [0.2, 0.25) is 0 Å². The summed E-state index contributed by atoms with van der Waals surface area (Å²) < 4.78 is 0. The van der Waals surface area contributed by atoms with Gasteiger partial charge >= 0.3 is 5.97 Å². The Labute approximate surface area is 134 Å². The summed E-state index contributed by atoms with van der Waals surface area (Å²) in [5.74, 6) is -1.09. The molecule has 0 aliphatic heterocycles. The summed E-state index contributed by atoms with van der Waals surface area (Å²) in [6.45, 7) is 0.556. The molecule has 118 valence electrons. The summed E-state index contributed by atoms with van der Waals surface area (Å²) in [4.78, 5) is 26.9. The number of carbonyl (C=O) groups excluding carboxylic acids is 1. The number of nitrogens with zero attached hydrogens (tertiary/aromatic N) is 1. The van der Waals surface area contributed by atoms with E-state index in [-0.39, 0.29) is 11.6 Å².